The number of hydrogen-bond donors (Lipinski definition) is 0. The van der Waals surface area contributed by atoms with Gasteiger partial charge in [-0.05, 0) is 24.1 Å². The molecule has 2 aromatic rings. The molecule has 0 spiro atoms. The number of likely N-dealkylation sites (tertiary alicyclic amines) is 1. The predicted octanol–water partition coefficient (Wildman–Crippen LogP) is 3.17. The van der Waals surface area contributed by atoms with Crippen molar-refractivity contribution in [2.75, 3.05) is 13.1 Å². The molecule has 138 valence electrons. The van der Waals surface area contributed by atoms with E-state index in [0.29, 0.717) is 13.0 Å². The Hall–Kier alpha value is -3.24. The van der Waals surface area contributed by atoms with Crippen molar-refractivity contribution in [3.8, 4) is 6.07 Å². The van der Waals surface area contributed by atoms with Gasteiger partial charge in [0.2, 0.25) is 0 Å². The van der Waals surface area contributed by atoms with E-state index in [1.165, 1.54) is 24.3 Å². The second-order valence-corrected chi connectivity index (χ2v) is 6.49. The smallest absolute Gasteiger partial charge is 0.338 e. The summed E-state index contributed by atoms with van der Waals surface area (Å²) in [7, 11) is 0. The van der Waals surface area contributed by atoms with Crippen molar-refractivity contribution in [3.05, 3.63) is 75.8 Å². The molecular formula is C20H19N3O4. The summed E-state index contributed by atoms with van der Waals surface area (Å²) >= 11 is 0. The molecule has 2 atom stereocenters. The lowest BCUT2D eigenvalue weighted by Gasteiger charge is -2.35. The highest BCUT2D eigenvalue weighted by Crippen LogP contribution is 2.23. The lowest BCUT2D eigenvalue weighted by Crippen LogP contribution is -2.45. The van der Waals surface area contributed by atoms with Crippen molar-refractivity contribution in [2.24, 2.45) is 5.92 Å². The van der Waals surface area contributed by atoms with E-state index in [9.17, 15) is 20.2 Å². The van der Waals surface area contributed by atoms with E-state index in [0.717, 1.165) is 18.7 Å². The highest BCUT2D eigenvalue weighted by Gasteiger charge is 2.32. The van der Waals surface area contributed by atoms with Crippen molar-refractivity contribution in [3.63, 3.8) is 0 Å². The van der Waals surface area contributed by atoms with Gasteiger partial charge in [0, 0.05) is 31.8 Å². The minimum atomic E-state index is -0.572. The van der Waals surface area contributed by atoms with Crippen LogP contribution < -0.4 is 0 Å². The van der Waals surface area contributed by atoms with Gasteiger partial charge in [-0.25, -0.2) is 4.79 Å². The van der Waals surface area contributed by atoms with Gasteiger partial charge in [0.15, 0.2) is 0 Å². The lowest BCUT2D eigenvalue weighted by atomic mass is 9.94. The maximum atomic E-state index is 12.4. The average Bonchev–Trinajstić information content (AvgIpc) is 2.69. The van der Waals surface area contributed by atoms with Gasteiger partial charge in [-0.2, -0.15) is 5.26 Å². The largest absolute Gasteiger partial charge is 0.456 e. The summed E-state index contributed by atoms with van der Waals surface area (Å²) in [6.07, 6.45) is 0.0943. The van der Waals surface area contributed by atoms with Crippen molar-refractivity contribution < 1.29 is 14.5 Å². The van der Waals surface area contributed by atoms with Crippen LogP contribution in [0.3, 0.4) is 0 Å². The summed E-state index contributed by atoms with van der Waals surface area (Å²) < 4.78 is 5.58. The molecule has 2 unspecified atom stereocenters. The normalized spacial score (nSPS) is 19.8. The highest BCUT2D eigenvalue weighted by atomic mass is 16.6. The molecule has 7 nitrogen and oxygen atoms in total. The van der Waals surface area contributed by atoms with Crippen LogP contribution in [0.1, 0.15) is 22.3 Å². The Kier molecular flexibility index (Phi) is 5.79. The van der Waals surface area contributed by atoms with Gasteiger partial charge in [0.25, 0.3) is 5.69 Å². The summed E-state index contributed by atoms with van der Waals surface area (Å²) in [6, 6.07) is 17.5. The maximum absolute atomic E-state index is 12.4. The number of rotatable bonds is 5. The third-order valence-corrected chi connectivity index (χ3v) is 4.63. The zero-order chi connectivity index (χ0) is 19.2. The lowest BCUT2D eigenvalue weighted by molar-refractivity contribution is -0.384. The molecule has 1 saturated heterocycles. The van der Waals surface area contributed by atoms with E-state index in [4.69, 9.17) is 4.74 Å². The molecule has 1 aliphatic rings. The number of nitriles is 1. The first-order chi connectivity index (χ1) is 13.1. The number of nitro benzene ring substituents is 1. The van der Waals surface area contributed by atoms with Crippen LogP contribution in [-0.2, 0) is 11.3 Å². The number of ether oxygens (including phenoxy) is 1. The molecule has 0 bridgehead atoms. The molecule has 27 heavy (non-hydrogen) atoms. The van der Waals surface area contributed by atoms with E-state index in [1.807, 2.05) is 30.3 Å². The Balaban J connectivity index is 1.66. The summed E-state index contributed by atoms with van der Waals surface area (Å²) in [5.41, 5.74) is 1.30. The third-order valence-electron chi connectivity index (χ3n) is 4.63. The quantitative estimate of drug-likeness (QED) is 0.459. The number of esters is 1. The van der Waals surface area contributed by atoms with Crippen LogP contribution in [-0.4, -0.2) is 35.0 Å². The standard InChI is InChI=1S/C20H19N3O4/c21-12-17-10-11-22(13-15-4-2-1-3-5-15)14-19(17)27-20(24)16-6-8-18(9-7-16)23(25)26/h1-9,17,19H,10-11,13-14H2. The minimum absolute atomic E-state index is 0.0897. The monoisotopic (exact) mass is 365 g/mol. The molecule has 1 aliphatic heterocycles. The van der Waals surface area contributed by atoms with Gasteiger partial charge in [-0.3, -0.25) is 15.0 Å². The molecule has 0 aromatic heterocycles. The summed E-state index contributed by atoms with van der Waals surface area (Å²) in [4.78, 5) is 24.8. The van der Waals surface area contributed by atoms with Crippen molar-refractivity contribution in [1.82, 2.24) is 4.90 Å². The molecule has 7 heteroatoms. The number of benzene rings is 2. The fourth-order valence-corrected chi connectivity index (χ4v) is 3.16. The first-order valence-electron chi connectivity index (χ1n) is 8.68. The first kappa shape index (κ1) is 18.5. The van der Waals surface area contributed by atoms with Gasteiger partial charge < -0.3 is 4.74 Å². The molecule has 3 rings (SSSR count). The highest BCUT2D eigenvalue weighted by molar-refractivity contribution is 5.89. The number of non-ortho nitro benzene ring substituents is 1. The molecule has 0 saturated carbocycles. The van der Waals surface area contributed by atoms with Crippen LogP contribution in [0.5, 0.6) is 0 Å². The Morgan fingerprint density at radius 3 is 2.56 bits per heavy atom. The molecule has 1 heterocycles. The number of nitro groups is 1. The molecule has 2 aromatic carbocycles. The molecule has 0 N–H and O–H groups in total. The number of carbonyl (C=O) groups is 1. The van der Waals surface area contributed by atoms with Crippen LogP contribution in [0.4, 0.5) is 5.69 Å². The number of carbonyl (C=O) groups excluding carboxylic acids is 1. The van der Waals surface area contributed by atoms with E-state index < -0.39 is 17.0 Å². The SMILES string of the molecule is N#CC1CCN(Cc2ccccc2)CC1OC(=O)c1ccc([N+](=O)[O-])cc1. The first-order valence-corrected chi connectivity index (χ1v) is 8.68. The topological polar surface area (TPSA) is 96.5 Å². The van der Waals surface area contributed by atoms with Crippen LogP contribution >= 0.6 is 0 Å². The van der Waals surface area contributed by atoms with Crippen molar-refractivity contribution in [1.29, 1.82) is 5.26 Å². The Labute approximate surface area is 156 Å². The average molecular weight is 365 g/mol. The minimum Gasteiger partial charge on any atom is -0.456 e. The van der Waals surface area contributed by atoms with Crippen molar-refractivity contribution in [2.45, 2.75) is 19.1 Å². The second-order valence-electron chi connectivity index (χ2n) is 6.49. The zero-order valence-electron chi connectivity index (χ0n) is 14.7. The maximum Gasteiger partial charge on any atom is 0.338 e. The molecule has 0 aliphatic carbocycles. The molecule has 0 radical (unpaired) electrons. The Morgan fingerprint density at radius 2 is 1.93 bits per heavy atom. The Morgan fingerprint density at radius 1 is 1.22 bits per heavy atom. The van der Waals surface area contributed by atoms with Crippen LogP contribution in [0.15, 0.2) is 54.6 Å². The summed E-state index contributed by atoms with van der Waals surface area (Å²) in [6.45, 7) is 1.97. The van der Waals surface area contributed by atoms with Crippen LogP contribution in [0, 0.1) is 27.4 Å². The third kappa shape index (κ3) is 4.68. The van der Waals surface area contributed by atoms with E-state index in [-0.39, 0.29) is 17.2 Å². The number of hydrogen-bond acceptors (Lipinski definition) is 6. The fraction of sp³-hybridized carbons (Fsp3) is 0.300. The van der Waals surface area contributed by atoms with E-state index in [1.54, 1.807) is 0 Å². The summed E-state index contributed by atoms with van der Waals surface area (Å²) in [5.74, 6) is -0.935. The number of nitrogens with zero attached hydrogens (tertiary/aromatic N) is 3. The van der Waals surface area contributed by atoms with E-state index in [2.05, 4.69) is 11.0 Å². The van der Waals surface area contributed by atoms with Gasteiger partial charge in [0.05, 0.1) is 22.5 Å². The van der Waals surface area contributed by atoms with Gasteiger partial charge >= 0.3 is 5.97 Å². The number of piperidine rings is 1. The zero-order valence-corrected chi connectivity index (χ0v) is 14.7. The molecule has 1 fully saturated rings. The van der Waals surface area contributed by atoms with Crippen molar-refractivity contribution >= 4 is 11.7 Å². The van der Waals surface area contributed by atoms with Gasteiger partial charge in [-0.1, -0.05) is 30.3 Å². The van der Waals surface area contributed by atoms with E-state index >= 15 is 0 Å². The summed E-state index contributed by atoms with van der Waals surface area (Å²) in [5, 5.41) is 20.1. The molecule has 0 amide bonds. The Bertz CT molecular complexity index is 846. The van der Waals surface area contributed by atoms with Gasteiger partial charge in [-0.15, -0.1) is 0 Å². The van der Waals surface area contributed by atoms with Crippen LogP contribution in [0.2, 0.25) is 0 Å². The molecular weight excluding hydrogens is 346 g/mol. The van der Waals surface area contributed by atoms with Gasteiger partial charge in [0.1, 0.15) is 6.10 Å². The second kappa shape index (κ2) is 8.43. The predicted molar refractivity (Wildman–Crippen MR) is 97.7 cm³/mol. The fourth-order valence-electron chi connectivity index (χ4n) is 3.16. The van der Waals surface area contributed by atoms with Crippen LogP contribution in [0.25, 0.3) is 0 Å².